The molecule has 0 radical (unpaired) electrons. The first kappa shape index (κ1) is 15.2. The summed E-state index contributed by atoms with van der Waals surface area (Å²) in [4.78, 5) is 14.2. The minimum absolute atomic E-state index is 0.0326. The number of phenolic OH excluding ortho intramolecular Hbond substituents is 1. The van der Waals surface area contributed by atoms with Crippen LogP contribution in [0.5, 0.6) is 5.75 Å². The molecule has 110 valence electrons. The summed E-state index contributed by atoms with van der Waals surface area (Å²) in [5, 5.41) is 9.58. The standard InChI is InChI=1S/C16H17ClN2O2/c1-2-19(10-11-3-6-13(18)7-4-11)16(21)12-5-8-15(20)14(17)9-12/h3-9,20H,2,10,18H2,1H3. The van der Waals surface area contributed by atoms with Crippen LogP contribution in [0.25, 0.3) is 0 Å². The van der Waals surface area contributed by atoms with E-state index in [9.17, 15) is 9.90 Å². The van der Waals surface area contributed by atoms with Crippen molar-refractivity contribution in [1.82, 2.24) is 4.90 Å². The van der Waals surface area contributed by atoms with Crippen LogP contribution in [0.15, 0.2) is 42.5 Å². The van der Waals surface area contributed by atoms with E-state index in [4.69, 9.17) is 17.3 Å². The van der Waals surface area contributed by atoms with Crippen molar-refractivity contribution in [2.24, 2.45) is 0 Å². The molecule has 0 aliphatic carbocycles. The molecule has 4 nitrogen and oxygen atoms in total. The minimum atomic E-state index is -0.128. The van der Waals surface area contributed by atoms with Gasteiger partial charge in [0.25, 0.3) is 5.91 Å². The Morgan fingerprint density at radius 2 is 1.90 bits per heavy atom. The van der Waals surface area contributed by atoms with Gasteiger partial charge in [0.2, 0.25) is 0 Å². The van der Waals surface area contributed by atoms with Gasteiger partial charge in [0.15, 0.2) is 0 Å². The van der Waals surface area contributed by atoms with Gasteiger partial charge in [-0.15, -0.1) is 0 Å². The quantitative estimate of drug-likeness (QED) is 0.852. The Balaban J connectivity index is 2.18. The van der Waals surface area contributed by atoms with Crippen LogP contribution < -0.4 is 5.73 Å². The first-order chi connectivity index (χ1) is 10.0. The zero-order chi connectivity index (χ0) is 15.4. The molecule has 0 unspecified atom stereocenters. The number of hydrogen-bond donors (Lipinski definition) is 2. The number of hydrogen-bond acceptors (Lipinski definition) is 3. The number of aromatic hydroxyl groups is 1. The van der Waals surface area contributed by atoms with Crippen molar-refractivity contribution in [3.05, 3.63) is 58.6 Å². The number of amides is 1. The molecule has 1 amide bonds. The number of rotatable bonds is 4. The van der Waals surface area contributed by atoms with Crippen LogP contribution in [0.3, 0.4) is 0 Å². The van der Waals surface area contributed by atoms with Crippen molar-refractivity contribution >= 4 is 23.2 Å². The highest BCUT2D eigenvalue weighted by Crippen LogP contribution is 2.24. The molecule has 0 bridgehead atoms. The molecule has 21 heavy (non-hydrogen) atoms. The molecular weight excluding hydrogens is 288 g/mol. The molecule has 5 heteroatoms. The predicted molar refractivity (Wildman–Crippen MR) is 84.4 cm³/mol. The summed E-state index contributed by atoms with van der Waals surface area (Å²) in [5.74, 6) is -0.161. The van der Waals surface area contributed by atoms with Crippen LogP contribution in [0.4, 0.5) is 5.69 Å². The van der Waals surface area contributed by atoms with Gasteiger partial charge in [0, 0.05) is 24.3 Å². The zero-order valence-corrected chi connectivity index (χ0v) is 12.5. The summed E-state index contributed by atoms with van der Waals surface area (Å²) in [6.45, 7) is 2.98. The highest BCUT2D eigenvalue weighted by molar-refractivity contribution is 6.32. The van der Waals surface area contributed by atoms with Crippen molar-refractivity contribution in [2.75, 3.05) is 12.3 Å². The van der Waals surface area contributed by atoms with E-state index in [1.54, 1.807) is 11.0 Å². The summed E-state index contributed by atoms with van der Waals surface area (Å²) in [7, 11) is 0. The third-order valence-corrected chi connectivity index (χ3v) is 3.52. The Morgan fingerprint density at radius 1 is 1.24 bits per heavy atom. The molecule has 0 heterocycles. The lowest BCUT2D eigenvalue weighted by Gasteiger charge is -2.21. The van der Waals surface area contributed by atoms with Gasteiger partial charge in [-0.3, -0.25) is 4.79 Å². The summed E-state index contributed by atoms with van der Waals surface area (Å²) in [6, 6.07) is 11.9. The Labute approximate surface area is 128 Å². The van der Waals surface area contributed by atoms with Gasteiger partial charge in [-0.2, -0.15) is 0 Å². The normalized spacial score (nSPS) is 10.4. The fourth-order valence-corrected chi connectivity index (χ4v) is 2.17. The Bertz CT molecular complexity index is 641. The number of anilines is 1. The van der Waals surface area contributed by atoms with Gasteiger partial charge in [-0.1, -0.05) is 23.7 Å². The third kappa shape index (κ3) is 3.67. The Kier molecular flexibility index (Phi) is 4.70. The summed E-state index contributed by atoms with van der Waals surface area (Å²) in [6.07, 6.45) is 0. The molecule has 0 spiro atoms. The van der Waals surface area contributed by atoms with E-state index in [1.165, 1.54) is 12.1 Å². The lowest BCUT2D eigenvalue weighted by Crippen LogP contribution is -2.30. The average molecular weight is 305 g/mol. The molecular formula is C16H17ClN2O2. The molecule has 2 rings (SSSR count). The van der Waals surface area contributed by atoms with Crippen molar-refractivity contribution in [3.8, 4) is 5.75 Å². The Morgan fingerprint density at radius 3 is 2.48 bits per heavy atom. The van der Waals surface area contributed by atoms with E-state index in [1.807, 2.05) is 31.2 Å². The maximum Gasteiger partial charge on any atom is 0.254 e. The molecule has 0 saturated carbocycles. The highest BCUT2D eigenvalue weighted by atomic mass is 35.5. The summed E-state index contributed by atoms with van der Waals surface area (Å²) in [5.41, 5.74) is 7.80. The van der Waals surface area contributed by atoms with Gasteiger partial charge in [0.1, 0.15) is 5.75 Å². The SMILES string of the molecule is CCN(Cc1ccc(N)cc1)C(=O)c1ccc(O)c(Cl)c1. The lowest BCUT2D eigenvalue weighted by molar-refractivity contribution is 0.0752. The average Bonchev–Trinajstić information content (AvgIpc) is 2.49. The van der Waals surface area contributed by atoms with Gasteiger partial charge in [-0.05, 0) is 42.8 Å². The summed E-state index contributed by atoms with van der Waals surface area (Å²) >= 11 is 5.85. The smallest absolute Gasteiger partial charge is 0.254 e. The van der Waals surface area contributed by atoms with Crippen LogP contribution in [-0.2, 0) is 6.54 Å². The first-order valence-electron chi connectivity index (χ1n) is 6.63. The van der Waals surface area contributed by atoms with Crippen LogP contribution in [0.1, 0.15) is 22.8 Å². The molecule has 0 aromatic heterocycles. The van der Waals surface area contributed by atoms with Crippen LogP contribution in [0.2, 0.25) is 5.02 Å². The molecule has 3 N–H and O–H groups in total. The number of nitrogen functional groups attached to an aromatic ring is 1. The molecule has 0 atom stereocenters. The number of carbonyl (C=O) groups is 1. The number of nitrogens with zero attached hydrogens (tertiary/aromatic N) is 1. The van der Waals surface area contributed by atoms with Crippen molar-refractivity contribution < 1.29 is 9.90 Å². The Hall–Kier alpha value is -2.20. The van der Waals surface area contributed by atoms with E-state index < -0.39 is 0 Å². The second kappa shape index (κ2) is 6.50. The molecule has 0 aliphatic rings. The number of benzene rings is 2. The number of nitrogens with two attached hydrogens (primary N) is 1. The fraction of sp³-hybridized carbons (Fsp3) is 0.188. The summed E-state index contributed by atoms with van der Waals surface area (Å²) < 4.78 is 0. The number of carbonyl (C=O) groups excluding carboxylic acids is 1. The largest absolute Gasteiger partial charge is 0.506 e. The molecule has 2 aromatic rings. The van der Waals surface area contributed by atoms with E-state index in [-0.39, 0.29) is 16.7 Å². The maximum atomic E-state index is 12.5. The van der Waals surface area contributed by atoms with Gasteiger partial charge < -0.3 is 15.7 Å². The van der Waals surface area contributed by atoms with Crippen molar-refractivity contribution in [3.63, 3.8) is 0 Å². The minimum Gasteiger partial charge on any atom is -0.506 e. The van der Waals surface area contributed by atoms with E-state index in [0.717, 1.165) is 5.56 Å². The van der Waals surface area contributed by atoms with Crippen molar-refractivity contribution in [2.45, 2.75) is 13.5 Å². The topological polar surface area (TPSA) is 66.6 Å². The third-order valence-electron chi connectivity index (χ3n) is 3.22. The molecule has 0 aliphatic heterocycles. The van der Waals surface area contributed by atoms with E-state index in [2.05, 4.69) is 0 Å². The van der Waals surface area contributed by atoms with Gasteiger partial charge in [0.05, 0.1) is 5.02 Å². The number of halogens is 1. The van der Waals surface area contributed by atoms with Crippen LogP contribution in [-0.4, -0.2) is 22.5 Å². The van der Waals surface area contributed by atoms with Crippen LogP contribution >= 0.6 is 11.6 Å². The molecule has 0 saturated heterocycles. The monoisotopic (exact) mass is 304 g/mol. The maximum absolute atomic E-state index is 12.5. The van der Waals surface area contributed by atoms with Crippen molar-refractivity contribution in [1.29, 1.82) is 0 Å². The second-order valence-electron chi connectivity index (χ2n) is 4.73. The lowest BCUT2D eigenvalue weighted by atomic mass is 10.1. The van der Waals surface area contributed by atoms with E-state index >= 15 is 0 Å². The zero-order valence-electron chi connectivity index (χ0n) is 11.7. The van der Waals surface area contributed by atoms with Gasteiger partial charge in [-0.25, -0.2) is 0 Å². The predicted octanol–water partition coefficient (Wildman–Crippen LogP) is 3.29. The highest BCUT2D eigenvalue weighted by Gasteiger charge is 2.15. The first-order valence-corrected chi connectivity index (χ1v) is 7.01. The molecule has 0 fully saturated rings. The van der Waals surface area contributed by atoms with Gasteiger partial charge >= 0.3 is 0 Å². The second-order valence-corrected chi connectivity index (χ2v) is 5.13. The number of phenols is 1. The van der Waals surface area contributed by atoms with E-state index in [0.29, 0.717) is 24.3 Å². The fourth-order valence-electron chi connectivity index (χ4n) is 1.99. The molecule has 2 aromatic carbocycles. The van der Waals surface area contributed by atoms with Crippen LogP contribution in [0, 0.1) is 0 Å².